The quantitative estimate of drug-likeness (QED) is 0.664. The molecule has 152 valence electrons. The molecule has 3 aromatic rings. The van der Waals surface area contributed by atoms with E-state index in [-0.39, 0.29) is 5.95 Å². The lowest BCUT2D eigenvalue weighted by Gasteiger charge is -2.32. The average Bonchev–Trinajstić information content (AvgIpc) is 2.73. The number of ether oxygens (including phenoxy) is 2. The molecule has 0 amide bonds. The van der Waals surface area contributed by atoms with Crippen molar-refractivity contribution in [3.05, 3.63) is 48.0 Å². The second-order valence-electron chi connectivity index (χ2n) is 7.50. The number of nitrogen functional groups attached to an aromatic ring is 2. The van der Waals surface area contributed by atoms with Gasteiger partial charge >= 0.3 is 0 Å². The third-order valence-electron chi connectivity index (χ3n) is 5.48. The molecule has 2 aromatic carbocycles. The van der Waals surface area contributed by atoms with Crippen LogP contribution in [0.1, 0.15) is 18.4 Å². The SMILES string of the molecule is COc1ccc(CN2CCC(COc3cccc4nc(N)nc(N)c34)CC2)cc1. The lowest BCUT2D eigenvalue weighted by atomic mass is 9.97. The Morgan fingerprint density at radius 2 is 1.79 bits per heavy atom. The number of anilines is 2. The van der Waals surface area contributed by atoms with Gasteiger partial charge in [0.15, 0.2) is 0 Å². The van der Waals surface area contributed by atoms with Gasteiger partial charge in [0, 0.05) is 6.54 Å². The summed E-state index contributed by atoms with van der Waals surface area (Å²) < 4.78 is 11.4. The van der Waals surface area contributed by atoms with Crippen molar-refractivity contribution < 1.29 is 9.47 Å². The van der Waals surface area contributed by atoms with Gasteiger partial charge in [-0.05, 0) is 61.7 Å². The van der Waals surface area contributed by atoms with Gasteiger partial charge in [-0.3, -0.25) is 4.90 Å². The van der Waals surface area contributed by atoms with Gasteiger partial charge in [0.25, 0.3) is 0 Å². The summed E-state index contributed by atoms with van der Waals surface area (Å²) in [6.45, 7) is 3.77. The van der Waals surface area contributed by atoms with Crippen LogP contribution in [0, 0.1) is 5.92 Å². The van der Waals surface area contributed by atoms with E-state index >= 15 is 0 Å². The monoisotopic (exact) mass is 393 g/mol. The number of nitrogens with zero attached hydrogens (tertiary/aromatic N) is 3. The summed E-state index contributed by atoms with van der Waals surface area (Å²) in [6.07, 6.45) is 2.22. The fraction of sp³-hybridized carbons (Fsp3) is 0.364. The van der Waals surface area contributed by atoms with Crippen molar-refractivity contribution >= 4 is 22.7 Å². The topological polar surface area (TPSA) is 99.5 Å². The van der Waals surface area contributed by atoms with E-state index in [2.05, 4.69) is 27.0 Å². The van der Waals surface area contributed by atoms with Gasteiger partial charge in [0.2, 0.25) is 5.95 Å². The first-order valence-corrected chi connectivity index (χ1v) is 9.92. The molecule has 0 saturated carbocycles. The van der Waals surface area contributed by atoms with Gasteiger partial charge in [0.05, 0.1) is 24.6 Å². The zero-order valence-corrected chi connectivity index (χ0v) is 16.7. The highest BCUT2D eigenvalue weighted by Crippen LogP contribution is 2.30. The molecule has 1 fully saturated rings. The highest BCUT2D eigenvalue weighted by atomic mass is 16.5. The number of methoxy groups -OCH3 is 1. The molecule has 4 rings (SSSR count). The maximum Gasteiger partial charge on any atom is 0.222 e. The van der Waals surface area contributed by atoms with Crippen LogP contribution in [-0.2, 0) is 6.54 Å². The Morgan fingerprint density at radius 1 is 1.03 bits per heavy atom. The molecule has 4 N–H and O–H groups in total. The molecule has 2 heterocycles. The van der Waals surface area contributed by atoms with Crippen LogP contribution in [0.5, 0.6) is 11.5 Å². The lowest BCUT2D eigenvalue weighted by Crippen LogP contribution is -2.35. The summed E-state index contributed by atoms with van der Waals surface area (Å²) in [5.41, 5.74) is 13.8. The van der Waals surface area contributed by atoms with Gasteiger partial charge < -0.3 is 20.9 Å². The Morgan fingerprint density at radius 3 is 2.52 bits per heavy atom. The minimum Gasteiger partial charge on any atom is -0.497 e. The lowest BCUT2D eigenvalue weighted by molar-refractivity contribution is 0.137. The molecule has 7 nitrogen and oxygen atoms in total. The van der Waals surface area contributed by atoms with Crippen LogP contribution in [0.4, 0.5) is 11.8 Å². The van der Waals surface area contributed by atoms with Crippen molar-refractivity contribution in [2.24, 2.45) is 5.92 Å². The summed E-state index contributed by atoms with van der Waals surface area (Å²) in [4.78, 5) is 10.8. The van der Waals surface area contributed by atoms with Gasteiger partial charge in [-0.2, -0.15) is 4.98 Å². The van der Waals surface area contributed by atoms with Crippen molar-refractivity contribution in [3.8, 4) is 11.5 Å². The average molecular weight is 393 g/mol. The Hall–Kier alpha value is -3.06. The molecule has 29 heavy (non-hydrogen) atoms. The zero-order chi connectivity index (χ0) is 20.2. The second kappa shape index (κ2) is 8.53. The van der Waals surface area contributed by atoms with Crippen molar-refractivity contribution in [2.75, 3.05) is 38.3 Å². The fourth-order valence-electron chi connectivity index (χ4n) is 3.83. The van der Waals surface area contributed by atoms with E-state index in [1.165, 1.54) is 5.56 Å². The number of aromatic nitrogens is 2. The number of hydrogen-bond donors (Lipinski definition) is 2. The highest BCUT2D eigenvalue weighted by Gasteiger charge is 2.20. The van der Waals surface area contributed by atoms with Crippen LogP contribution < -0.4 is 20.9 Å². The Bertz CT molecular complexity index is 969. The zero-order valence-electron chi connectivity index (χ0n) is 16.7. The number of hydrogen-bond acceptors (Lipinski definition) is 7. The summed E-state index contributed by atoms with van der Waals surface area (Å²) >= 11 is 0. The minimum absolute atomic E-state index is 0.177. The number of rotatable bonds is 6. The maximum absolute atomic E-state index is 6.13. The Balaban J connectivity index is 1.32. The molecule has 0 spiro atoms. The molecule has 0 atom stereocenters. The van der Waals surface area contributed by atoms with Crippen LogP contribution >= 0.6 is 0 Å². The third-order valence-corrected chi connectivity index (χ3v) is 5.48. The molecule has 1 aliphatic rings. The summed E-state index contributed by atoms with van der Waals surface area (Å²) in [5, 5.41) is 0.735. The van der Waals surface area contributed by atoms with Crippen molar-refractivity contribution in [2.45, 2.75) is 19.4 Å². The number of piperidine rings is 1. The number of benzene rings is 2. The molecule has 0 aliphatic carbocycles. The largest absolute Gasteiger partial charge is 0.497 e. The summed E-state index contributed by atoms with van der Waals surface area (Å²) in [7, 11) is 1.69. The van der Waals surface area contributed by atoms with Crippen LogP contribution in [0.25, 0.3) is 10.9 Å². The number of fused-ring (bicyclic) bond motifs is 1. The first-order valence-electron chi connectivity index (χ1n) is 9.92. The molecular formula is C22H27N5O2. The molecule has 7 heteroatoms. The first-order chi connectivity index (χ1) is 14.1. The molecule has 1 aliphatic heterocycles. The predicted molar refractivity (Wildman–Crippen MR) is 115 cm³/mol. The van der Waals surface area contributed by atoms with Crippen LogP contribution in [0.3, 0.4) is 0 Å². The molecule has 0 radical (unpaired) electrons. The van der Waals surface area contributed by atoms with E-state index in [9.17, 15) is 0 Å². The van der Waals surface area contributed by atoms with E-state index in [0.717, 1.165) is 49.4 Å². The van der Waals surface area contributed by atoms with Gasteiger partial charge in [0.1, 0.15) is 17.3 Å². The molecule has 0 unspecified atom stereocenters. The van der Waals surface area contributed by atoms with E-state index in [1.807, 2.05) is 30.3 Å². The van der Waals surface area contributed by atoms with Crippen molar-refractivity contribution in [1.29, 1.82) is 0 Å². The molecule has 1 saturated heterocycles. The smallest absolute Gasteiger partial charge is 0.222 e. The van der Waals surface area contributed by atoms with Gasteiger partial charge in [-0.1, -0.05) is 18.2 Å². The first kappa shape index (κ1) is 19.3. The van der Waals surface area contributed by atoms with Gasteiger partial charge in [-0.15, -0.1) is 0 Å². The van der Waals surface area contributed by atoms with Crippen LogP contribution in [-0.4, -0.2) is 41.7 Å². The Kier molecular flexibility index (Phi) is 5.67. The number of likely N-dealkylation sites (tertiary alicyclic amines) is 1. The summed E-state index contributed by atoms with van der Waals surface area (Å²) in [6, 6.07) is 14.0. The standard InChI is InChI=1S/C22H27N5O2/c1-28-17-7-5-15(6-8-17)13-27-11-9-16(10-12-27)14-29-19-4-2-3-18-20(19)21(23)26-22(24)25-18/h2-8,16H,9-14H2,1H3,(H4,23,24,25,26). The molecular weight excluding hydrogens is 366 g/mol. The molecule has 0 bridgehead atoms. The summed E-state index contributed by atoms with van der Waals surface area (Å²) in [5.74, 6) is 2.68. The van der Waals surface area contributed by atoms with E-state index in [0.29, 0.717) is 23.9 Å². The molecule has 1 aromatic heterocycles. The van der Waals surface area contributed by atoms with Gasteiger partial charge in [-0.25, -0.2) is 4.98 Å². The van der Waals surface area contributed by atoms with Crippen LogP contribution in [0.2, 0.25) is 0 Å². The fourth-order valence-corrected chi connectivity index (χ4v) is 3.83. The third kappa shape index (κ3) is 4.51. The predicted octanol–water partition coefficient (Wildman–Crippen LogP) is 3.09. The van der Waals surface area contributed by atoms with E-state index < -0.39 is 0 Å². The van der Waals surface area contributed by atoms with E-state index in [4.69, 9.17) is 20.9 Å². The maximum atomic E-state index is 6.13. The van der Waals surface area contributed by atoms with Crippen LogP contribution in [0.15, 0.2) is 42.5 Å². The van der Waals surface area contributed by atoms with E-state index in [1.54, 1.807) is 7.11 Å². The minimum atomic E-state index is 0.177. The number of nitrogens with two attached hydrogens (primary N) is 2. The highest BCUT2D eigenvalue weighted by molar-refractivity contribution is 5.94. The Labute approximate surface area is 170 Å². The normalized spacial score (nSPS) is 15.5. The van der Waals surface area contributed by atoms with Crippen molar-refractivity contribution in [1.82, 2.24) is 14.9 Å². The van der Waals surface area contributed by atoms with Crippen molar-refractivity contribution in [3.63, 3.8) is 0 Å². The second-order valence-corrected chi connectivity index (χ2v) is 7.50.